The lowest BCUT2D eigenvalue weighted by Crippen LogP contribution is -2.28. The third-order valence-corrected chi connectivity index (χ3v) is 3.45. The second kappa shape index (κ2) is 7.06. The number of hydrogen-bond donors (Lipinski definition) is 1. The Morgan fingerprint density at radius 1 is 1.20 bits per heavy atom. The van der Waals surface area contributed by atoms with Crippen LogP contribution in [0.5, 0.6) is 0 Å². The molecule has 0 fully saturated rings. The Kier molecular flexibility index (Phi) is 6.02. The molecule has 0 spiro atoms. The van der Waals surface area contributed by atoms with Crippen LogP contribution in [0, 0.1) is 3.57 Å². The molecule has 0 aliphatic heterocycles. The highest BCUT2D eigenvalue weighted by atomic mass is 127. The molecule has 2 nitrogen and oxygen atoms in total. The van der Waals surface area contributed by atoms with Crippen molar-refractivity contribution in [3.8, 4) is 0 Å². The molecule has 0 radical (unpaired) electrons. The van der Waals surface area contributed by atoms with Crippen molar-refractivity contribution >= 4 is 28.3 Å². The quantitative estimate of drug-likeness (QED) is 0.811. The molecule has 0 aliphatic carbocycles. The Labute approximate surface area is 106 Å². The first-order valence-electron chi connectivity index (χ1n) is 5.48. The number of likely N-dealkylation sites (N-methyl/N-ethyl adjacent to an activating group) is 1. The fourth-order valence-corrected chi connectivity index (χ4v) is 2.07. The highest BCUT2D eigenvalue weighted by molar-refractivity contribution is 14.1. The van der Waals surface area contributed by atoms with Crippen molar-refractivity contribution < 1.29 is 0 Å². The number of benzene rings is 1. The van der Waals surface area contributed by atoms with Crippen LogP contribution in [0.15, 0.2) is 24.3 Å². The average molecular weight is 318 g/mol. The molecule has 0 aliphatic rings. The van der Waals surface area contributed by atoms with E-state index in [-0.39, 0.29) is 0 Å². The molecular weight excluding hydrogens is 299 g/mol. The molecule has 0 amide bonds. The molecule has 1 rings (SSSR count). The number of anilines is 1. The minimum absolute atomic E-state index is 1.02. The van der Waals surface area contributed by atoms with Crippen molar-refractivity contribution in [2.45, 2.75) is 13.8 Å². The van der Waals surface area contributed by atoms with E-state index in [2.05, 4.69) is 70.9 Å². The molecule has 0 saturated heterocycles. The third-order valence-electron chi connectivity index (χ3n) is 2.51. The number of hydrogen-bond acceptors (Lipinski definition) is 2. The maximum atomic E-state index is 3.46. The lowest BCUT2D eigenvalue weighted by atomic mass is 10.3. The van der Waals surface area contributed by atoms with Gasteiger partial charge in [-0.3, -0.25) is 0 Å². The van der Waals surface area contributed by atoms with Crippen LogP contribution in [0.25, 0.3) is 0 Å². The van der Waals surface area contributed by atoms with E-state index in [1.54, 1.807) is 0 Å². The van der Waals surface area contributed by atoms with Crippen LogP contribution < -0.4 is 5.32 Å². The molecule has 0 saturated carbocycles. The van der Waals surface area contributed by atoms with Gasteiger partial charge in [-0.1, -0.05) is 26.0 Å². The normalized spacial score (nSPS) is 10.7. The first-order chi connectivity index (χ1) is 7.27. The number of nitrogens with zero attached hydrogens (tertiary/aromatic N) is 1. The largest absolute Gasteiger partial charge is 0.383 e. The smallest absolute Gasteiger partial charge is 0.0476 e. The van der Waals surface area contributed by atoms with Gasteiger partial charge in [0.05, 0.1) is 0 Å². The minimum atomic E-state index is 1.02. The second-order valence-electron chi connectivity index (χ2n) is 3.43. The molecule has 1 aromatic carbocycles. The van der Waals surface area contributed by atoms with Crippen molar-refractivity contribution in [2.24, 2.45) is 0 Å². The van der Waals surface area contributed by atoms with Gasteiger partial charge in [-0.2, -0.15) is 0 Å². The highest BCUT2D eigenvalue weighted by Crippen LogP contribution is 2.16. The maximum Gasteiger partial charge on any atom is 0.0476 e. The summed E-state index contributed by atoms with van der Waals surface area (Å²) >= 11 is 2.36. The Morgan fingerprint density at radius 3 is 2.47 bits per heavy atom. The molecule has 1 aromatic rings. The van der Waals surface area contributed by atoms with Gasteiger partial charge in [-0.25, -0.2) is 0 Å². The zero-order valence-electron chi connectivity index (χ0n) is 9.46. The molecule has 15 heavy (non-hydrogen) atoms. The van der Waals surface area contributed by atoms with Gasteiger partial charge in [-0.15, -0.1) is 0 Å². The summed E-state index contributed by atoms with van der Waals surface area (Å²) in [5.41, 5.74) is 1.24. The van der Waals surface area contributed by atoms with Gasteiger partial charge in [0.2, 0.25) is 0 Å². The summed E-state index contributed by atoms with van der Waals surface area (Å²) in [7, 11) is 0. The van der Waals surface area contributed by atoms with Crippen molar-refractivity contribution in [1.29, 1.82) is 0 Å². The average Bonchev–Trinajstić information content (AvgIpc) is 2.27. The second-order valence-corrected chi connectivity index (χ2v) is 4.60. The van der Waals surface area contributed by atoms with Gasteiger partial charge in [0.15, 0.2) is 0 Å². The minimum Gasteiger partial charge on any atom is -0.383 e. The van der Waals surface area contributed by atoms with Crippen LogP contribution in [0.1, 0.15) is 13.8 Å². The summed E-state index contributed by atoms with van der Waals surface area (Å²) in [6.45, 7) is 8.79. The molecular formula is C12H19IN2. The summed E-state index contributed by atoms with van der Waals surface area (Å²) in [6, 6.07) is 8.39. The van der Waals surface area contributed by atoms with Crippen LogP contribution in [0.2, 0.25) is 0 Å². The van der Waals surface area contributed by atoms with Crippen LogP contribution in [0.4, 0.5) is 5.69 Å². The van der Waals surface area contributed by atoms with Gasteiger partial charge in [0.1, 0.15) is 0 Å². The molecule has 0 atom stereocenters. The van der Waals surface area contributed by atoms with Gasteiger partial charge < -0.3 is 10.2 Å². The third kappa shape index (κ3) is 4.38. The van der Waals surface area contributed by atoms with E-state index in [9.17, 15) is 0 Å². The zero-order valence-corrected chi connectivity index (χ0v) is 11.6. The lowest BCUT2D eigenvalue weighted by Gasteiger charge is -2.18. The highest BCUT2D eigenvalue weighted by Gasteiger charge is 1.99. The summed E-state index contributed by atoms with van der Waals surface area (Å²) in [5, 5.41) is 3.46. The van der Waals surface area contributed by atoms with Crippen LogP contribution in [-0.4, -0.2) is 31.1 Å². The monoisotopic (exact) mass is 318 g/mol. The Balaban J connectivity index is 2.34. The molecule has 84 valence electrons. The fourth-order valence-electron chi connectivity index (χ4n) is 1.49. The van der Waals surface area contributed by atoms with E-state index in [0.29, 0.717) is 0 Å². The Bertz CT molecular complexity index is 285. The van der Waals surface area contributed by atoms with Gasteiger partial charge in [0.25, 0.3) is 0 Å². The van der Waals surface area contributed by atoms with E-state index in [1.165, 1.54) is 9.26 Å². The first kappa shape index (κ1) is 12.8. The van der Waals surface area contributed by atoms with Crippen molar-refractivity contribution in [3.05, 3.63) is 27.8 Å². The van der Waals surface area contributed by atoms with E-state index in [1.807, 2.05) is 0 Å². The Morgan fingerprint density at radius 2 is 1.87 bits per heavy atom. The molecule has 1 N–H and O–H groups in total. The summed E-state index contributed by atoms with van der Waals surface area (Å²) < 4.78 is 1.29. The van der Waals surface area contributed by atoms with Crippen LogP contribution >= 0.6 is 22.6 Å². The number of nitrogens with one attached hydrogen (secondary N) is 1. The van der Waals surface area contributed by atoms with E-state index >= 15 is 0 Å². The number of para-hydroxylation sites is 1. The molecule has 0 bridgehead atoms. The maximum absolute atomic E-state index is 3.46. The Hall–Kier alpha value is -0.290. The summed E-state index contributed by atoms with van der Waals surface area (Å²) in [4.78, 5) is 2.42. The van der Waals surface area contributed by atoms with E-state index < -0.39 is 0 Å². The number of halogens is 1. The molecule has 0 heterocycles. The molecule has 0 aromatic heterocycles. The molecule has 3 heteroatoms. The van der Waals surface area contributed by atoms with E-state index in [0.717, 1.165) is 26.2 Å². The summed E-state index contributed by atoms with van der Waals surface area (Å²) in [6.07, 6.45) is 0. The van der Waals surface area contributed by atoms with Crippen LogP contribution in [0.3, 0.4) is 0 Å². The molecule has 0 unspecified atom stereocenters. The fraction of sp³-hybridized carbons (Fsp3) is 0.500. The zero-order chi connectivity index (χ0) is 11.1. The SMILES string of the molecule is CCN(CC)CCNc1ccccc1I. The van der Waals surface area contributed by atoms with E-state index in [4.69, 9.17) is 0 Å². The summed E-state index contributed by atoms with van der Waals surface area (Å²) in [5.74, 6) is 0. The first-order valence-corrected chi connectivity index (χ1v) is 6.56. The van der Waals surface area contributed by atoms with Gasteiger partial charge >= 0.3 is 0 Å². The topological polar surface area (TPSA) is 15.3 Å². The lowest BCUT2D eigenvalue weighted by molar-refractivity contribution is 0.316. The van der Waals surface area contributed by atoms with Crippen molar-refractivity contribution in [2.75, 3.05) is 31.5 Å². The van der Waals surface area contributed by atoms with Crippen molar-refractivity contribution in [1.82, 2.24) is 4.90 Å². The predicted molar refractivity (Wildman–Crippen MR) is 75.4 cm³/mol. The predicted octanol–water partition coefficient (Wildman–Crippen LogP) is 3.04. The van der Waals surface area contributed by atoms with Crippen molar-refractivity contribution in [3.63, 3.8) is 0 Å². The van der Waals surface area contributed by atoms with Gasteiger partial charge in [-0.05, 0) is 47.8 Å². The van der Waals surface area contributed by atoms with Gasteiger partial charge in [0, 0.05) is 22.3 Å². The number of rotatable bonds is 6. The van der Waals surface area contributed by atoms with Crippen LogP contribution in [-0.2, 0) is 0 Å². The standard InChI is InChI=1S/C12H19IN2/c1-3-15(4-2)10-9-14-12-8-6-5-7-11(12)13/h5-8,14H,3-4,9-10H2,1-2H3.